The van der Waals surface area contributed by atoms with Gasteiger partial charge in [0.05, 0.1) is 44.3 Å². The normalized spacial score (nSPS) is 16.6. The predicted octanol–water partition coefficient (Wildman–Crippen LogP) is 1.92. The number of morpholine rings is 1. The van der Waals surface area contributed by atoms with Gasteiger partial charge in [-0.15, -0.1) is 0 Å². The monoisotopic (exact) mass is 400 g/mol. The fraction of sp³-hybridized carbons (Fsp3) is 0.476. The SMILES string of the molecule is CCC(=O)NCC(=O)N1CCOCC1c1c(C)nn(-c2cccc(OC)c2)c1C. The number of benzene rings is 1. The van der Waals surface area contributed by atoms with E-state index in [0.717, 1.165) is 28.4 Å². The zero-order valence-electron chi connectivity index (χ0n) is 17.4. The van der Waals surface area contributed by atoms with Crippen LogP contribution in [0, 0.1) is 13.8 Å². The highest BCUT2D eigenvalue weighted by molar-refractivity contribution is 5.85. The van der Waals surface area contributed by atoms with Crippen LogP contribution in [0.25, 0.3) is 5.69 Å². The van der Waals surface area contributed by atoms with Crippen molar-refractivity contribution in [3.8, 4) is 11.4 Å². The minimum atomic E-state index is -0.242. The molecule has 1 atom stereocenters. The molecule has 0 radical (unpaired) electrons. The van der Waals surface area contributed by atoms with E-state index in [2.05, 4.69) is 5.32 Å². The number of carbonyl (C=O) groups is 2. The van der Waals surface area contributed by atoms with Crippen molar-refractivity contribution in [3.63, 3.8) is 0 Å². The van der Waals surface area contributed by atoms with Crippen molar-refractivity contribution in [1.29, 1.82) is 0 Å². The Labute approximate surface area is 170 Å². The van der Waals surface area contributed by atoms with Gasteiger partial charge in [-0.05, 0) is 26.0 Å². The van der Waals surface area contributed by atoms with Crippen LogP contribution >= 0.6 is 0 Å². The first-order valence-corrected chi connectivity index (χ1v) is 9.80. The predicted molar refractivity (Wildman–Crippen MR) is 108 cm³/mol. The van der Waals surface area contributed by atoms with Gasteiger partial charge in [-0.1, -0.05) is 13.0 Å². The van der Waals surface area contributed by atoms with Gasteiger partial charge in [0.2, 0.25) is 11.8 Å². The largest absolute Gasteiger partial charge is 0.497 e. The number of nitrogens with zero attached hydrogens (tertiary/aromatic N) is 3. The number of carbonyl (C=O) groups excluding carboxylic acids is 2. The summed E-state index contributed by atoms with van der Waals surface area (Å²) in [6, 6.07) is 7.45. The third kappa shape index (κ3) is 4.42. The summed E-state index contributed by atoms with van der Waals surface area (Å²) in [6.07, 6.45) is 0.353. The Hall–Kier alpha value is -2.87. The van der Waals surface area contributed by atoms with E-state index < -0.39 is 0 Å². The number of hydrogen-bond donors (Lipinski definition) is 1. The van der Waals surface area contributed by atoms with Gasteiger partial charge in [0.1, 0.15) is 5.75 Å². The number of amides is 2. The minimum absolute atomic E-state index is 0.00864. The molecule has 0 bridgehead atoms. The Morgan fingerprint density at radius 1 is 1.34 bits per heavy atom. The molecule has 0 saturated carbocycles. The molecule has 29 heavy (non-hydrogen) atoms. The third-order valence-corrected chi connectivity index (χ3v) is 5.19. The van der Waals surface area contributed by atoms with Gasteiger partial charge in [0.15, 0.2) is 0 Å². The number of aryl methyl sites for hydroxylation is 1. The van der Waals surface area contributed by atoms with Crippen LogP contribution in [0.15, 0.2) is 24.3 Å². The summed E-state index contributed by atoms with van der Waals surface area (Å²) >= 11 is 0. The van der Waals surface area contributed by atoms with E-state index in [9.17, 15) is 9.59 Å². The van der Waals surface area contributed by atoms with E-state index >= 15 is 0 Å². The van der Waals surface area contributed by atoms with Crippen LogP contribution in [0.1, 0.15) is 36.3 Å². The lowest BCUT2D eigenvalue weighted by Gasteiger charge is -2.36. The average molecular weight is 400 g/mol. The molecule has 1 saturated heterocycles. The zero-order chi connectivity index (χ0) is 21.0. The third-order valence-electron chi connectivity index (χ3n) is 5.19. The molecular weight excluding hydrogens is 372 g/mol. The van der Waals surface area contributed by atoms with Crippen LogP contribution in [0.5, 0.6) is 5.75 Å². The maximum atomic E-state index is 12.8. The van der Waals surface area contributed by atoms with Gasteiger partial charge in [-0.3, -0.25) is 9.59 Å². The Bertz CT molecular complexity index is 893. The summed E-state index contributed by atoms with van der Waals surface area (Å²) in [6.45, 7) is 7.04. The fourth-order valence-electron chi connectivity index (χ4n) is 3.67. The number of hydrogen-bond acceptors (Lipinski definition) is 5. The summed E-state index contributed by atoms with van der Waals surface area (Å²) in [5.41, 5.74) is 3.65. The number of aromatic nitrogens is 2. The smallest absolute Gasteiger partial charge is 0.242 e. The molecule has 1 unspecified atom stereocenters. The lowest BCUT2D eigenvalue weighted by molar-refractivity contribution is -0.140. The highest BCUT2D eigenvalue weighted by Gasteiger charge is 2.32. The quantitative estimate of drug-likeness (QED) is 0.801. The van der Waals surface area contributed by atoms with Crippen LogP contribution in [0.4, 0.5) is 0 Å². The second kappa shape index (κ2) is 9.09. The van der Waals surface area contributed by atoms with Gasteiger partial charge in [0.25, 0.3) is 0 Å². The molecular formula is C21H28N4O4. The van der Waals surface area contributed by atoms with Crippen molar-refractivity contribution >= 4 is 11.8 Å². The molecule has 1 aliphatic heterocycles. The van der Waals surface area contributed by atoms with E-state index in [1.807, 2.05) is 42.8 Å². The van der Waals surface area contributed by atoms with Gasteiger partial charge in [-0.2, -0.15) is 5.10 Å². The molecule has 2 amide bonds. The topological polar surface area (TPSA) is 85.7 Å². The highest BCUT2D eigenvalue weighted by atomic mass is 16.5. The average Bonchev–Trinajstić information content (AvgIpc) is 3.05. The first-order chi connectivity index (χ1) is 14.0. The van der Waals surface area contributed by atoms with Gasteiger partial charge < -0.3 is 19.7 Å². The van der Waals surface area contributed by atoms with Crippen molar-refractivity contribution in [1.82, 2.24) is 20.0 Å². The van der Waals surface area contributed by atoms with Crippen molar-refractivity contribution in [3.05, 3.63) is 41.2 Å². The van der Waals surface area contributed by atoms with Crippen molar-refractivity contribution in [2.75, 3.05) is 33.4 Å². The van der Waals surface area contributed by atoms with Crippen LogP contribution < -0.4 is 10.1 Å². The van der Waals surface area contributed by atoms with E-state index in [1.54, 1.807) is 18.9 Å². The Morgan fingerprint density at radius 2 is 2.14 bits per heavy atom. The highest BCUT2D eigenvalue weighted by Crippen LogP contribution is 2.31. The molecule has 1 aliphatic rings. The van der Waals surface area contributed by atoms with Crippen molar-refractivity contribution in [2.45, 2.75) is 33.2 Å². The standard InChI is InChI=1S/C21H28N4O4/c1-5-19(26)22-12-20(27)24-9-10-29-13-18(24)21-14(2)23-25(15(21)3)16-7-6-8-17(11-16)28-4/h6-8,11,18H,5,9-10,12-13H2,1-4H3,(H,22,26). The summed E-state index contributed by atoms with van der Waals surface area (Å²) < 4.78 is 12.9. The maximum Gasteiger partial charge on any atom is 0.242 e. The van der Waals surface area contributed by atoms with E-state index in [1.165, 1.54) is 0 Å². The fourth-order valence-corrected chi connectivity index (χ4v) is 3.67. The summed E-state index contributed by atoms with van der Waals surface area (Å²) in [5.74, 6) is 0.496. The molecule has 8 nitrogen and oxygen atoms in total. The lowest BCUT2D eigenvalue weighted by atomic mass is 10.0. The first-order valence-electron chi connectivity index (χ1n) is 9.80. The molecule has 156 valence electrons. The minimum Gasteiger partial charge on any atom is -0.497 e. The molecule has 1 fully saturated rings. The van der Waals surface area contributed by atoms with E-state index in [0.29, 0.717) is 26.2 Å². The summed E-state index contributed by atoms with van der Waals surface area (Å²) in [4.78, 5) is 26.1. The Balaban J connectivity index is 1.90. The Morgan fingerprint density at radius 3 is 2.86 bits per heavy atom. The number of ether oxygens (including phenoxy) is 2. The molecule has 2 aromatic rings. The molecule has 1 aromatic carbocycles. The Kier molecular flexibility index (Phi) is 6.53. The molecule has 1 aromatic heterocycles. The zero-order valence-corrected chi connectivity index (χ0v) is 17.4. The van der Waals surface area contributed by atoms with Crippen molar-refractivity contribution in [2.24, 2.45) is 0 Å². The van der Waals surface area contributed by atoms with Gasteiger partial charge >= 0.3 is 0 Å². The lowest BCUT2D eigenvalue weighted by Crippen LogP contribution is -2.47. The van der Waals surface area contributed by atoms with E-state index in [-0.39, 0.29) is 24.4 Å². The molecule has 0 aliphatic carbocycles. The van der Waals surface area contributed by atoms with Gasteiger partial charge in [-0.25, -0.2) is 4.68 Å². The van der Waals surface area contributed by atoms with E-state index in [4.69, 9.17) is 14.6 Å². The second-order valence-electron chi connectivity index (χ2n) is 7.01. The second-order valence-corrected chi connectivity index (χ2v) is 7.01. The first kappa shape index (κ1) is 20.9. The number of methoxy groups -OCH3 is 1. The molecule has 1 N–H and O–H groups in total. The van der Waals surface area contributed by atoms with Crippen LogP contribution in [0.3, 0.4) is 0 Å². The van der Waals surface area contributed by atoms with Crippen LogP contribution in [0.2, 0.25) is 0 Å². The molecule has 3 rings (SSSR count). The van der Waals surface area contributed by atoms with Crippen molar-refractivity contribution < 1.29 is 19.1 Å². The number of nitrogens with one attached hydrogen (secondary N) is 1. The van der Waals surface area contributed by atoms with Crippen LogP contribution in [-0.2, 0) is 14.3 Å². The summed E-state index contributed by atoms with van der Waals surface area (Å²) in [7, 11) is 1.63. The molecule has 8 heteroatoms. The molecule has 0 spiro atoms. The number of rotatable bonds is 6. The maximum absolute atomic E-state index is 12.8. The van der Waals surface area contributed by atoms with Gasteiger partial charge in [0, 0.05) is 30.3 Å². The molecule has 2 heterocycles. The van der Waals surface area contributed by atoms with Crippen LogP contribution in [-0.4, -0.2) is 59.9 Å². The summed E-state index contributed by atoms with van der Waals surface area (Å²) in [5, 5.41) is 7.38.